The largest absolute Gasteiger partial charge is 0.495 e. The van der Waals surface area contributed by atoms with Gasteiger partial charge >= 0.3 is 0 Å². The van der Waals surface area contributed by atoms with Gasteiger partial charge in [-0.1, -0.05) is 18.1 Å². The predicted octanol–water partition coefficient (Wildman–Crippen LogP) is 3.52. The normalized spacial score (nSPS) is 22.4. The lowest BCUT2D eigenvalue weighted by atomic mass is 9.78. The minimum atomic E-state index is -4.18. The molecule has 1 saturated heterocycles. The van der Waals surface area contributed by atoms with Gasteiger partial charge in [0.2, 0.25) is 11.8 Å². The first-order chi connectivity index (χ1) is 17.3. The Bertz CT molecular complexity index is 1480. The van der Waals surface area contributed by atoms with Crippen LogP contribution in [0.15, 0.2) is 39.9 Å². The van der Waals surface area contributed by atoms with Crippen LogP contribution in [0.25, 0.3) is 11.3 Å². The Morgan fingerprint density at radius 1 is 1.22 bits per heavy atom. The van der Waals surface area contributed by atoms with Crippen LogP contribution in [0.1, 0.15) is 37.3 Å². The molecule has 1 spiro atoms. The van der Waals surface area contributed by atoms with Gasteiger partial charge in [0.25, 0.3) is 10.0 Å². The highest BCUT2D eigenvalue weighted by atomic mass is 32.2. The Morgan fingerprint density at radius 3 is 2.69 bits per heavy atom. The fourth-order valence-electron chi connectivity index (χ4n) is 5.67. The molecule has 1 amide bonds. The molecule has 188 valence electrons. The summed E-state index contributed by atoms with van der Waals surface area (Å²) in [7, 11) is -1.45. The zero-order valence-electron chi connectivity index (χ0n) is 20.2. The zero-order valence-corrected chi connectivity index (χ0v) is 21.0. The number of methoxy groups -OCH3 is 2. The monoisotopic (exact) mass is 510 g/mol. The standard InChI is InChI=1S/C25H26N4O6S/c1-14-12-25(14)13-17-21(16-11-15(6-7-18(16)25)29-10-4-5-20(29)30)35-27-23(17)28-36(31,32)22-19(33-2)8-9-26-24(22)34-3/h6-9,11,14H,4-5,10,12-13H2,1-3H3,(H,27,28). The van der Waals surface area contributed by atoms with Crippen LogP contribution in [0, 0.1) is 5.92 Å². The average molecular weight is 511 g/mol. The Kier molecular flexibility index (Phi) is 5.05. The molecule has 0 radical (unpaired) electrons. The molecule has 3 aliphatic rings. The first-order valence-corrected chi connectivity index (χ1v) is 13.3. The van der Waals surface area contributed by atoms with Crippen molar-refractivity contribution in [3.05, 3.63) is 41.6 Å². The molecule has 2 aliphatic carbocycles. The minimum absolute atomic E-state index is 0.0863. The number of rotatable bonds is 6. The molecule has 1 aromatic carbocycles. The maximum atomic E-state index is 13.5. The fraction of sp³-hybridized carbons (Fsp3) is 0.400. The van der Waals surface area contributed by atoms with Crippen molar-refractivity contribution >= 4 is 27.4 Å². The van der Waals surface area contributed by atoms with Gasteiger partial charge in [-0.2, -0.15) is 0 Å². The summed E-state index contributed by atoms with van der Waals surface area (Å²) in [5.41, 5.74) is 3.40. The highest BCUT2D eigenvalue weighted by Gasteiger charge is 2.56. The van der Waals surface area contributed by atoms with E-state index in [4.69, 9.17) is 14.0 Å². The third-order valence-corrected chi connectivity index (χ3v) is 9.03. The summed E-state index contributed by atoms with van der Waals surface area (Å²) in [6.07, 6.45) is 4.35. The van der Waals surface area contributed by atoms with Gasteiger partial charge in [0.05, 0.1) is 14.2 Å². The number of benzene rings is 1. The number of carbonyl (C=O) groups is 1. The van der Waals surface area contributed by atoms with E-state index in [1.165, 1.54) is 26.5 Å². The molecule has 3 heterocycles. The lowest BCUT2D eigenvalue weighted by Gasteiger charge is -2.27. The summed E-state index contributed by atoms with van der Waals surface area (Å²) in [4.78, 5) is 18.0. The van der Waals surface area contributed by atoms with Crippen molar-refractivity contribution in [2.24, 2.45) is 5.92 Å². The van der Waals surface area contributed by atoms with Crippen molar-refractivity contribution < 1.29 is 27.2 Å². The van der Waals surface area contributed by atoms with Crippen LogP contribution in [0.5, 0.6) is 11.6 Å². The number of anilines is 2. The molecule has 11 heteroatoms. The molecule has 2 aromatic heterocycles. The third-order valence-electron chi connectivity index (χ3n) is 7.65. The van der Waals surface area contributed by atoms with Crippen LogP contribution in [0.2, 0.25) is 0 Å². The van der Waals surface area contributed by atoms with E-state index in [1.807, 2.05) is 12.1 Å². The quantitative estimate of drug-likeness (QED) is 0.534. The SMILES string of the molecule is COc1ccnc(OC)c1S(=O)(=O)Nc1noc2c1CC1(CC1C)c1ccc(N3CCCC3=O)cc1-2. The van der Waals surface area contributed by atoms with Crippen LogP contribution in [0.4, 0.5) is 11.5 Å². The van der Waals surface area contributed by atoms with E-state index in [0.717, 1.165) is 29.7 Å². The molecule has 1 saturated carbocycles. The zero-order chi connectivity index (χ0) is 25.2. The van der Waals surface area contributed by atoms with Crippen molar-refractivity contribution in [3.63, 3.8) is 0 Å². The van der Waals surface area contributed by atoms with E-state index in [0.29, 0.717) is 36.6 Å². The summed E-state index contributed by atoms with van der Waals surface area (Å²) in [5.74, 6) is 1.18. The van der Waals surface area contributed by atoms with Crippen molar-refractivity contribution in [2.75, 3.05) is 30.4 Å². The van der Waals surface area contributed by atoms with E-state index in [9.17, 15) is 13.2 Å². The van der Waals surface area contributed by atoms with Gasteiger partial charge in [-0.25, -0.2) is 13.4 Å². The van der Waals surface area contributed by atoms with Gasteiger partial charge in [-0.15, -0.1) is 0 Å². The number of nitrogens with one attached hydrogen (secondary N) is 1. The van der Waals surface area contributed by atoms with Gasteiger partial charge in [0.1, 0.15) is 5.75 Å². The first-order valence-electron chi connectivity index (χ1n) is 11.8. The molecule has 2 unspecified atom stereocenters. The first kappa shape index (κ1) is 22.8. The second kappa shape index (κ2) is 7.95. The van der Waals surface area contributed by atoms with E-state index in [2.05, 4.69) is 27.9 Å². The molecule has 3 aromatic rings. The van der Waals surface area contributed by atoms with E-state index >= 15 is 0 Å². The lowest BCUT2D eigenvalue weighted by molar-refractivity contribution is -0.117. The smallest absolute Gasteiger partial charge is 0.272 e. The molecule has 36 heavy (non-hydrogen) atoms. The number of nitrogens with zero attached hydrogens (tertiary/aromatic N) is 3. The molecule has 2 atom stereocenters. The molecular weight excluding hydrogens is 484 g/mol. The van der Waals surface area contributed by atoms with Crippen LogP contribution in [-0.4, -0.2) is 45.2 Å². The average Bonchev–Trinajstić information content (AvgIpc) is 3.16. The highest BCUT2D eigenvalue weighted by Crippen LogP contribution is 2.62. The van der Waals surface area contributed by atoms with E-state index in [1.54, 1.807) is 4.90 Å². The maximum absolute atomic E-state index is 13.5. The van der Waals surface area contributed by atoms with Gasteiger partial charge in [-0.05, 0) is 42.9 Å². The Labute approximate surface area is 208 Å². The third kappa shape index (κ3) is 3.29. The Hall–Kier alpha value is -3.60. The van der Waals surface area contributed by atoms with Crippen molar-refractivity contribution in [3.8, 4) is 23.0 Å². The van der Waals surface area contributed by atoms with Gasteiger partial charge < -0.3 is 18.9 Å². The van der Waals surface area contributed by atoms with Gasteiger partial charge in [-0.3, -0.25) is 9.52 Å². The summed E-state index contributed by atoms with van der Waals surface area (Å²) in [5, 5.41) is 4.13. The summed E-state index contributed by atoms with van der Waals surface area (Å²) in [6, 6.07) is 7.51. The number of aromatic nitrogens is 2. The number of sulfonamides is 1. The summed E-state index contributed by atoms with van der Waals surface area (Å²) < 4.78 is 45.7. The number of pyridine rings is 1. The molecular formula is C25H26N4O6S. The second-order valence-corrected chi connectivity index (χ2v) is 11.2. The molecule has 10 nitrogen and oxygen atoms in total. The van der Waals surface area contributed by atoms with Crippen LogP contribution >= 0.6 is 0 Å². The Morgan fingerprint density at radius 2 is 2.03 bits per heavy atom. The summed E-state index contributed by atoms with van der Waals surface area (Å²) >= 11 is 0. The number of carbonyl (C=O) groups excluding carboxylic acids is 1. The maximum Gasteiger partial charge on any atom is 0.272 e. The lowest BCUT2D eigenvalue weighted by Crippen LogP contribution is -2.25. The highest BCUT2D eigenvalue weighted by molar-refractivity contribution is 7.93. The Balaban J connectivity index is 1.44. The van der Waals surface area contributed by atoms with E-state index < -0.39 is 10.0 Å². The molecule has 1 aliphatic heterocycles. The van der Waals surface area contributed by atoms with Gasteiger partial charge in [0.15, 0.2) is 16.5 Å². The number of ether oxygens (including phenoxy) is 2. The van der Waals surface area contributed by atoms with Crippen LogP contribution in [-0.2, 0) is 26.7 Å². The van der Waals surface area contributed by atoms with Crippen molar-refractivity contribution in [1.29, 1.82) is 0 Å². The van der Waals surface area contributed by atoms with Crippen molar-refractivity contribution in [2.45, 2.75) is 42.9 Å². The fourth-order valence-corrected chi connectivity index (χ4v) is 6.97. The minimum Gasteiger partial charge on any atom is -0.495 e. The van der Waals surface area contributed by atoms with Crippen molar-refractivity contribution in [1.82, 2.24) is 10.1 Å². The number of hydrogen-bond acceptors (Lipinski definition) is 8. The predicted molar refractivity (Wildman–Crippen MR) is 131 cm³/mol. The molecule has 0 bridgehead atoms. The number of hydrogen-bond donors (Lipinski definition) is 1. The molecule has 2 fully saturated rings. The van der Waals surface area contributed by atoms with E-state index in [-0.39, 0.29) is 33.7 Å². The van der Waals surface area contributed by atoms with Crippen LogP contribution in [0.3, 0.4) is 0 Å². The topological polar surface area (TPSA) is 124 Å². The number of fused-ring (bicyclic) bond motifs is 4. The van der Waals surface area contributed by atoms with Crippen LogP contribution < -0.4 is 19.1 Å². The van der Waals surface area contributed by atoms with Gasteiger partial charge in [0, 0.05) is 47.5 Å². The molecule has 1 N–H and O–H groups in total. The number of amides is 1. The molecule has 6 rings (SSSR count). The second-order valence-electron chi connectivity index (χ2n) is 9.61. The summed E-state index contributed by atoms with van der Waals surface area (Å²) in [6.45, 7) is 2.87.